The first kappa shape index (κ1) is 22.3. The van der Waals surface area contributed by atoms with Gasteiger partial charge in [-0.3, -0.25) is 20.4 Å². The van der Waals surface area contributed by atoms with Crippen molar-refractivity contribution in [3.05, 3.63) is 56.5 Å². The average molecular weight is 490 g/mol. The monoisotopic (exact) mass is 488 g/mol. The van der Waals surface area contributed by atoms with Crippen molar-refractivity contribution in [2.24, 2.45) is 0 Å². The topological polar surface area (TPSA) is 76.7 Å². The molecule has 0 aliphatic rings. The highest BCUT2D eigenvalue weighted by molar-refractivity contribution is 9.10. The molecule has 0 radical (unpaired) electrons. The maximum absolute atomic E-state index is 11.8. The first-order valence-electron chi connectivity index (χ1n) is 8.39. The minimum Gasteiger partial charge on any atom is -0.492 e. The van der Waals surface area contributed by atoms with Crippen molar-refractivity contribution in [1.82, 2.24) is 10.9 Å². The van der Waals surface area contributed by atoms with Gasteiger partial charge in [0.25, 0.3) is 5.91 Å². The van der Waals surface area contributed by atoms with Crippen LogP contribution in [0.2, 0.25) is 10.0 Å². The normalized spacial score (nSPS) is 10.3. The molecule has 0 aliphatic heterocycles. The fourth-order valence-electron chi connectivity index (χ4n) is 2.16. The molecular formula is C19H19BrCl2N2O4. The minimum atomic E-state index is -0.458. The Morgan fingerprint density at radius 3 is 2.43 bits per heavy atom. The quantitative estimate of drug-likeness (QED) is 0.424. The highest BCUT2D eigenvalue weighted by Crippen LogP contribution is 2.27. The SMILES string of the molecule is Cc1cc(Br)ccc1OCC(=O)NNC(=O)CCCOc1ccc(Cl)cc1Cl. The van der Waals surface area contributed by atoms with Crippen molar-refractivity contribution in [3.63, 3.8) is 0 Å². The van der Waals surface area contributed by atoms with Gasteiger partial charge in [-0.15, -0.1) is 0 Å². The Kier molecular flexibility index (Phi) is 8.89. The Hall–Kier alpha value is -1.96. The van der Waals surface area contributed by atoms with Crippen LogP contribution in [0.4, 0.5) is 0 Å². The molecule has 0 aliphatic carbocycles. The van der Waals surface area contributed by atoms with Gasteiger partial charge in [0.15, 0.2) is 6.61 Å². The summed E-state index contributed by atoms with van der Waals surface area (Å²) in [4.78, 5) is 23.5. The zero-order valence-electron chi connectivity index (χ0n) is 15.1. The van der Waals surface area contributed by atoms with Gasteiger partial charge in [0.1, 0.15) is 11.5 Å². The summed E-state index contributed by atoms with van der Waals surface area (Å²) in [6.07, 6.45) is 0.632. The van der Waals surface area contributed by atoms with E-state index in [2.05, 4.69) is 26.8 Å². The molecule has 9 heteroatoms. The van der Waals surface area contributed by atoms with Gasteiger partial charge < -0.3 is 9.47 Å². The minimum absolute atomic E-state index is 0.179. The molecule has 2 aromatic carbocycles. The van der Waals surface area contributed by atoms with E-state index < -0.39 is 5.91 Å². The molecular weight excluding hydrogens is 471 g/mol. The summed E-state index contributed by atoms with van der Waals surface area (Å²) in [7, 11) is 0. The van der Waals surface area contributed by atoms with Gasteiger partial charge in [-0.05, 0) is 55.3 Å². The molecule has 0 unspecified atom stereocenters. The van der Waals surface area contributed by atoms with Gasteiger partial charge in [-0.25, -0.2) is 0 Å². The van der Waals surface area contributed by atoms with E-state index in [0.29, 0.717) is 34.6 Å². The smallest absolute Gasteiger partial charge is 0.276 e. The third kappa shape index (κ3) is 7.58. The van der Waals surface area contributed by atoms with E-state index in [1.165, 1.54) is 0 Å². The van der Waals surface area contributed by atoms with Gasteiger partial charge >= 0.3 is 0 Å². The lowest BCUT2D eigenvalue weighted by atomic mass is 10.2. The molecule has 0 heterocycles. The predicted octanol–water partition coefficient (Wildman–Crippen LogP) is 4.45. The number of hydrazine groups is 1. The van der Waals surface area contributed by atoms with E-state index in [9.17, 15) is 9.59 Å². The van der Waals surface area contributed by atoms with Crippen molar-refractivity contribution >= 4 is 50.9 Å². The second-order valence-electron chi connectivity index (χ2n) is 5.82. The van der Waals surface area contributed by atoms with E-state index in [0.717, 1.165) is 10.0 Å². The van der Waals surface area contributed by atoms with E-state index in [1.54, 1.807) is 24.3 Å². The van der Waals surface area contributed by atoms with Crippen LogP contribution >= 0.6 is 39.1 Å². The van der Waals surface area contributed by atoms with Crippen molar-refractivity contribution in [3.8, 4) is 11.5 Å². The number of benzene rings is 2. The molecule has 0 atom stereocenters. The fourth-order valence-corrected chi connectivity index (χ4v) is 3.10. The van der Waals surface area contributed by atoms with Crippen LogP contribution in [-0.2, 0) is 9.59 Å². The maximum atomic E-state index is 11.8. The number of halogens is 3. The van der Waals surface area contributed by atoms with Gasteiger partial charge in [-0.2, -0.15) is 0 Å². The van der Waals surface area contributed by atoms with Gasteiger partial charge in [0.2, 0.25) is 5.91 Å². The Morgan fingerprint density at radius 2 is 1.71 bits per heavy atom. The summed E-state index contributed by atoms with van der Waals surface area (Å²) >= 11 is 15.2. The molecule has 0 saturated carbocycles. The summed E-state index contributed by atoms with van der Waals surface area (Å²) in [5, 5.41) is 0.928. The van der Waals surface area contributed by atoms with Crippen LogP contribution in [0.1, 0.15) is 18.4 Å². The van der Waals surface area contributed by atoms with Gasteiger partial charge in [0, 0.05) is 15.9 Å². The molecule has 6 nitrogen and oxygen atoms in total. The van der Waals surface area contributed by atoms with Gasteiger partial charge in [0.05, 0.1) is 11.6 Å². The first-order chi connectivity index (χ1) is 13.3. The Morgan fingerprint density at radius 1 is 1.00 bits per heavy atom. The number of aryl methyl sites for hydroxylation is 1. The molecule has 0 fully saturated rings. The van der Waals surface area contributed by atoms with E-state index in [4.69, 9.17) is 32.7 Å². The summed E-state index contributed by atoms with van der Waals surface area (Å²) < 4.78 is 11.8. The Labute approximate surface area is 181 Å². The molecule has 2 amide bonds. The van der Waals surface area contributed by atoms with Crippen LogP contribution in [0, 0.1) is 6.92 Å². The Balaban J connectivity index is 1.61. The zero-order chi connectivity index (χ0) is 20.5. The number of amides is 2. The summed E-state index contributed by atoms with van der Waals surface area (Å²) in [6, 6.07) is 10.4. The number of nitrogens with one attached hydrogen (secondary N) is 2. The number of carbonyl (C=O) groups is 2. The molecule has 0 aromatic heterocycles. The van der Waals surface area contributed by atoms with E-state index in [1.807, 2.05) is 19.1 Å². The lowest BCUT2D eigenvalue weighted by Gasteiger charge is -2.11. The number of hydrogen-bond donors (Lipinski definition) is 2. The third-order valence-corrected chi connectivity index (χ3v) is 4.56. The lowest BCUT2D eigenvalue weighted by Crippen LogP contribution is -2.43. The number of carbonyl (C=O) groups excluding carboxylic acids is 2. The van der Waals surface area contributed by atoms with Crippen LogP contribution < -0.4 is 20.3 Å². The van der Waals surface area contributed by atoms with Crippen LogP contribution in [0.25, 0.3) is 0 Å². The van der Waals surface area contributed by atoms with Crippen molar-refractivity contribution in [2.75, 3.05) is 13.2 Å². The van der Waals surface area contributed by atoms with Gasteiger partial charge in [-0.1, -0.05) is 39.1 Å². The molecule has 150 valence electrons. The molecule has 28 heavy (non-hydrogen) atoms. The predicted molar refractivity (Wildman–Crippen MR) is 112 cm³/mol. The first-order valence-corrected chi connectivity index (χ1v) is 9.94. The fraction of sp³-hybridized carbons (Fsp3) is 0.263. The second kappa shape index (κ2) is 11.1. The van der Waals surface area contributed by atoms with E-state index >= 15 is 0 Å². The average Bonchev–Trinajstić information content (AvgIpc) is 2.64. The standard InChI is InChI=1S/C19H19BrCl2N2O4/c1-12-9-13(20)4-6-16(12)28-11-19(26)24-23-18(25)3-2-8-27-17-7-5-14(21)10-15(17)22/h4-7,9-10H,2-3,8,11H2,1H3,(H,23,25)(H,24,26). The van der Waals surface area contributed by atoms with Crippen LogP contribution in [-0.4, -0.2) is 25.0 Å². The summed E-state index contributed by atoms with van der Waals surface area (Å²) in [5.41, 5.74) is 5.54. The molecule has 0 saturated heterocycles. The summed E-state index contributed by atoms with van der Waals surface area (Å²) in [5.74, 6) is 0.307. The number of rotatable bonds is 8. The van der Waals surface area contributed by atoms with Crippen molar-refractivity contribution in [2.45, 2.75) is 19.8 Å². The highest BCUT2D eigenvalue weighted by atomic mass is 79.9. The molecule has 0 spiro atoms. The molecule has 2 rings (SSSR count). The molecule has 2 aromatic rings. The maximum Gasteiger partial charge on any atom is 0.276 e. The summed E-state index contributed by atoms with van der Waals surface area (Å²) in [6.45, 7) is 1.97. The second-order valence-corrected chi connectivity index (χ2v) is 7.58. The van der Waals surface area contributed by atoms with Crippen molar-refractivity contribution < 1.29 is 19.1 Å². The van der Waals surface area contributed by atoms with Crippen LogP contribution in [0.3, 0.4) is 0 Å². The lowest BCUT2D eigenvalue weighted by molar-refractivity contribution is -0.130. The number of hydrogen-bond acceptors (Lipinski definition) is 4. The van der Waals surface area contributed by atoms with E-state index in [-0.39, 0.29) is 18.9 Å². The number of ether oxygens (including phenoxy) is 2. The largest absolute Gasteiger partial charge is 0.492 e. The van der Waals surface area contributed by atoms with Crippen LogP contribution in [0.5, 0.6) is 11.5 Å². The van der Waals surface area contributed by atoms with Crippen molar-refractivity contribution in [1.29, 1.82) is 0 Å². The Bertz CT molecular complexity index is 849. The highest BCUT2D eigenvalue weighted by Gasteiger charge is 2.08. The molecule has 2 N–H and O–H groups in total. The van der Waals surface area contributed by atoms with Crippen LogP contribution in [0.15, 0.2) is 40.9 Å². The zero-order valence-corrected chi connectivity index (χ0v) is 18.2. The third-order valence-electron chi connectivity index (χ3n) is 3.54. The molecule has 0 bridgehead atoms.